The van der Waals surface area contributed by atoms with E-state index in [1.165, 1.54) is 42.4 Å². The number of amides is 3. The van der Waals surface area contributed by atoms with Crippen LogP contribution in [0.5, 0.6) is 0 Å². The summed E-state index contributed by atoms with van der Waals surface area (Å²) in [5.74, 6) is -0.549. The number of nitrogens with zero attached hydrogens (tertiary/aromatic N) is 2. The first-order valence-corrected chi connectivity index (χ1v) is 11.5. The topological polar surface area (TPSA) is 110 Å². The Bertz CT molecular complexity index is 1030. The van der Waals surface area contributed by atoms with Crippen molar-refractivity contribution in [3.05, 3.63) is 58.6 Å². The first-order valence-electron chi connectivity index (χ1n) is 10.6. The van der Waals surface area contributed by atoms with Gasteiger partial charge in [-0.15, -0.1) is 11.8 Å². The van der Waals surface area contributed by atoms with Crippen LogP contribution in [0.1, 0.15) is 38.5 Å². The van der Waals surface area contributed by atoms with E-state index in [4.69, 9.17) is 0 Å². The highest BCUT2D eigenvalue weighted by Crippen LogP contribution is 2.35. The molecule has 2 aromatic carbocycles. The molecule has 32 heavy (non-hydrogen) atoms. The summed E-state index contributed by atoms with van der Waals surface area (Å²) in [5.41, 5.74) is 0.940. The zero-order valence-electron chi connectivity index (χ0n) is 17.4. The number of hydrogen-bond acceptors (Lipinski definition) is 6. The van der Waals surface area contributed by atoms with Crippen molar-refractivity contribution < 1.29 is 19.3 Å². The Balaban J connectivity index is 1.37. The summed E-state index contributed by atoms with van der Waals surface area (Å²) < 4.78 is 0. The zero-order chi connectivity index (χ0) is 22.7. The SMILES string of the molecule is O=C(Nc1ccc(SC2CC(=O)N(c3ccc([N+](=O)[O-])cc3)C2=O)cc1)C1CCCCC1. The molecule has 0 bridgehead atoms. The summed E-state index contributed by atoms with van der Waals surface area (Å²) in [5, 5.41) is 13.2. The minimum absolute atomic E-state index is 0.0559. The van der Waals surface area contributed by atoms with Crippen molar-refractivity contribution in [2.24, 2.45) is 5.92 Å². The molecule has 1 aliphatic heterocycles. The monoisotopic (exact) mass is 453 g/mol. The number of thioether (sulfide) groups is 1. The summed E-state index contributed by atoms with van der Waals surface area (Å²) in [6.45, 7) is 0. The molecule has 1 N–H and O–H groups in total. The Morgan fingerprint density at radius 1 is 1.00 bits per heavy atom. The van der Waals surface area contributed by atoms with Gasteiger partial charge in [0.15, 0.2) is 0 Å². The third-order valence-electron chi connectivity index (χ3n) is 5.80. The minimum atomic E-state index is -0.569. The van der Waals surface area contributed by atoms with Gasteiger partial charge in [0.25, 0.3) is 5.69 Å². The number of imide groups is 1. The van der Waals surface area contributed by atoms with Gasteiger partial charge in [-0.05, 0) is 49.2 Å². The van der Waals surface area contributed by atoms with Crippen molar-refractivity contribution in [2.75, 3.05) is 10.2 Å². The van der Waals surface area contributed by atoms with E-state index in [9.17, 15) is 24.5 Å². The molecule has 8 nitrogen and oxygen atoms in total. The number of rotatable bonds is 6. The smallest absolute Gasteiger partial charge is 0.269 e. The molecule has 0 spiro atoms. The van der Waals surface area contributed by atoms with Gasteiger partial charge in [-0.1, -0.05) is 19.3 Å². The molecule has 1 saturated carbocycles. The Hall–Kier alpha value is -3.20. The fourth-order valence-corrected chi connectivity index (χ4v) is 5.13. The number of carbonyl (C=O) groups is 3. The largest absolute Gasteiger partial charge is 0.326 e. The van der Waals surface area contributed by atoms with Crippen molar-refractivity contribution in [2.45, 2.75) is 48.7 Å². The van der Waals surface area contributed by atoms with Gasteiger partial charge in [-0.25, -0.2) is 4.90 Å². The first kappa shape index (κ1) is 22.0. The maximum atomic E-state index is 12.8. The summed E-state index contributed by atoms with van der Waals surface area (Å²) in [6.07, 6.45) is 5.31. The van der Waals surface area contributed by atoms with Crippen LogP contribution in [0, 0.1) is 16.0 Å². The number of benzene rings is 2. The normalized spacial score (nSPS) is 19.2. The van der Waals surface area contributed by atoms with Crippen LogP contribution in [0.3, 0.4) is 0 Å². The molecule has 0 radical (unpaired) electrons. The van der Waals surface area contributed by atoms with Crippen molar-refractivity contribution in [1.29, 1.82) is 0 Å². The summed E-state index contributed by atoms with van der Waals surface area (Å²) in [6, 6.07) is 12.6. The van der Waals surface area contributed by atoms with Gasteiger partial charge in [0.1, 0.15) is 0 Å². The lowest BCUT2D eigenvalue weighted by Crippen LogP contribution is -2.31. The van der Waals surface area contributed by atoms with E-state index in [0.717, 1.165) is 35.5 Å². The van der Waals surface area contributed by atoms with E-state index in [1.54, 1.807) is 12.1 Å². The lowest BCUT2D eigenvalue weighted by Gasteiger charge is -2.20. The van der Waals surface area contributed by atoms with Gasteiger partial charge in [-0.3, -0.25) is 24.5 Å². The predicted octanol–water partition coefficient (Wildman–Crippen LogP) is 4.54. The third kappa shape index (κ3) is 4.83. The molecule has 9 heteroatoms. The van der Waals surface area contributed by atoms with Crippen molar-refractivity contribution in [3.8, 4) is 0 Å². The summed E-state index contributed by atoms with van der Waals surface area (Å²) in [7, 11) is 0. The molecule has 0 aromatic heterocycles. The fraction of sp³-hybridized carbons (Fsp3) is 0.348. The second-order valence-electron chi connectivity index (χ2n) is 8.00. The number of nitro groups is 1. The molecule has 1 unspecified atom stereocenters. The predicted molar refractivity (Wildman–Crippen MR) is 121 cm³/mol. The summed E-state index contributed by atoms with van der Waals surface area (Å²) in [4.78, 5) is 49.8. The fourth-order valence-electron chi connectivity index (χ4n) is 4.08. The average molecular weight is 454 g/mol. The van der Waals surface area contributed by atoms with Gasteiger partial charge in [0.05, 0.1) is 15.9 Å². The molecular weight excluding hydrogens is 430 g/mol. The number of nitro benzene ring substituents is 1. The quantitative estimate of drug-likeness (QED) is 0.391. The Kier molecular flexibility index (Phi) is 6.55. The lowest BCUT2D eigenvalue weighted by molar-refractivity contribution is -0.384. The van der Waals surface area contributed by atoms with E-state index in [1.807, 2.05) is 12.1 Å². The van der Waals surface area contributed by atoms with E-state index in [0.29, 0.717) is 11.4 Å². The molecule has 2 aliphatic rings. The van der Waals surface area contributed by atoms with Crippen LogP contribution in [0.2, 0.25) is 0 Å². The van der Waals surface area contributed by atoms with E-state index < -0.39 is 10.2 Å². The van der Waals surface area contributed by atoms with Crippen LogP contribution < -0.4 is 10.2 Å². The number of nitrogens with one attached hydrogen (secondary N) is 1. The van der Waals surface area contributed by atoms with Crippen LogP contribution in [0.25, 0.3) is 0 Å². The maximum absolute atomic E-state index is 12.8. The molecule has 1 atom stereocenters. The molecule has 166 valence electrons. The minimum Gasteiger partial charge on any atom is -0.326 e. The number of hydrogen-bond donors (Lipinski definition) is 1. The highest BCUT2D eigenvalue weighted by Gasteiger charge is 2.40. The van der Waals surface area contributed by atoms with Crippen molar-refractivity contribution in [1.82, 2.24) is 0 Å². The molecular formula is C23H23N3O5S. The molecule has 2 aromatic rings. The Morgan fingerprint density at radius 3 is 2.28 bits per heavy atom. The van der Waals surface area contributed by atoms with Crippen LogP contribution >= 0.6 is 11.8 Å². The van der Waals surface area contributed by atoms with E-state index >= 15 is 0 Å². The van der Waals surface area contributed by atoms with Crippen molar-refractivity contribution in [3.63, 3.8) is 0 Å². The average Bonchev–Trinajstić information content (AvgIpc) is 3.08. The van der Waals surface area contributed by atoms with Crippen molar-refractivity contribution >= 4 is 46.5 Å². The van der Waals surface area contributed by atoms with Gasteiger partial charge in [0, 0.05) is 35.1 Å². The highest BCUT2D eigenvalue weighted by atomic mass is 32.2. The Morgan fingerprint density at radius 2 is 1.66 bits per heavy atom. The molecule has 4 rings (SSSR count). The van der Waals surface area contributed by atoms with Gasteiger partial charge >= 0.3 is 0 Å². The van der Waals surface area contributed by atoms with E-state index in [2.05, 4.69) is 5.32 Å². The standard InChI is InChI=1S/C23H23N3O5S/c27-21-14-20(23(29)25(21)17-8-10-18(11-9-17)26(30)31)32-19-12-6-16(7-13-19)24-22(28)15-4-2-1-3-5-15/h6-13,15,20H,1-5,14H2,(H,24,28). The molecule has 1 heterocycles. The van der Waals surface area contributed by atoms with Gasteiger partial charge in [-0.2, -0.15) is 0 Å². The second-order valence-corrected chi connectivity index (χ2v) is 9.28. The van der Waals surface area contributed by atoms with Gasteiger partial charge in [0.2, 0.25) is 17.7 Å². The van der Waals surface area contributed by atoms with Gasteiger partial charge < -0.3 is 5.32 Å². The van der Waals surface area contributed by atoms with Crippen LogP contribution in [-0.2, 0) is 14.4 Å². The molecule has 3 amide bonds. The third-order valence-corrected chi connectivity index (χ3v) is 7.00. The van der Waals surface area contributed by atoms with Crippen LogP contribution in [0.4, 0.5) is 17.1 Å². The molecule has 1 aliphatic carbocycles. The second kappa shape index (κ2) is 9.52. The van der Waals surface area contributed by atoms with E-state index in [-0.39, 0.29) is 35.7 Å². The molecule has 2 fully saturated rings. The first-order chi connectivity index (χ1) is 15.4. The number of anilines is 2. The summed E-state index contributed by atoms with van der Waals surface area (Å²) >= 11 is 1.29. The van der Waals surface area contributed by atoms with Crippen LogP contribution in [-0.4, -0.2) is 27.9 Å². The molecule has 1 saturated heterocycles. The number of carbonyl (C=O) groups excluding carboxylic acids is 3. The Labute approximate surface area is 189 Å². The zero-order valence-corrected chi connectivity index (χ0v) is 18.2. The number of non-ortho nitro benzene ring substituents is 1. The highest BCUT2D eigenvalue weighted by molar-refractivity contribution is 8.00. The van der Waals surface area contributed by atoms with Crippen LogP contribution in [0.15, 0.2) is 53.4 Å². The lowest BCUT2D eigenvalue weighted by atomic mass is 9.88. The maximum Gasteiger partial charge on any atom is 0.269 e.